The minimum absolute atomic E-state index is 0.0382. The molecule has 1 amide bonds. The summed E-state index contributed by atoms with van der Waals surface area (Å²) < 4.78 is 2.09. The van der Waals surface area contributed by atoms with Crippen molar-refractivity contribution in [2.75, 3.05) is 5.32 Å². The van der Waals surface area contributed by atoms with E-state index in [0.717, 1.165) is 46.8 Å². The normalized spacial score (nSPS) is 16.7. The van der Waals surface area contributed by atoms with Gasteiger partial charge in [0.05, 0.1) is 6.42 Å². The summed E-state index contributed by atoms with van der Waals surface area (Å²) in [5.74, 6) is 1.55. The quantitative estimate of drug-likeness (QED) is 0.734. The van der Waals surface area contributed by atoms with Crippen molar-refractivity contribution >= 4 is 34.4 Å². The first-order valence-corrected chi connectivity index (χ1v) is 8.05. The van der Waals surface area contributed by atoms with E-state index in [4.69, 9.17) is 16.6 Å². The summed E-state index contributed by atoms with van der Waals surface area (Å²) in [7, 11) is 0. The van der Waals surface area contributed by atoms with Gasteiger partial charge in [-0.05, 0) is 48.7 Å². The number of imidazole rings is 1. The van der Waals surface area contributed by atoms with Crippen LogP contribution in [0.2, 0.25) is 5.15 Å². The van der Waals surface area contributed by atoms with Gasteiger partial charge >= 0.3 is 0 Å². The average Bonchev–Trinajstić information content (AvgIpc) is 3.20. The molecule has 3 aromatic rings. The number of halogens is 1. The van der Waals surface area contributed by atoms with Crippen molar-refractivity contribution in [2.24, 2.45) is 0 Å². The van der Waals surface area contributed by atoms with Crippen LogP contribution >= 0.6 is 11.6 Å². The number of hydrogen-bond acceptors (Lipinski definition) is 3. The summed E-state index contributed by atoms with van der Waals surface area (Å²) in [6, 6.07) is 9.67. The molecular formula is C17H13ClN4O. The number of rotatable bonds is 2. The highest BCUT2D eigenvalue weighted by atomic mass is 35.5. The Kier molecular flexibility index (Phi) is 2.59. The maximum Gasteiger partial charge on any atom is 0.228 e. The second-order valence-electron chi connectivity index (χ2n) is 6.12. The van der Waals surface area contributed by atoms with E-state index in [1.807, 2.05) is 24.3 Å². The smallest absolute Gasteiger partial charge is 0.228 e. The zero-order chi connectivity index (χ0) is 15.6. The minimum Gasteiger partial charge on any atom is -0.326 e. The molecule has 1 aliphatic carbocycles. The summed E-state index contributed by atoms with van der Waals surface area (Å²) in [4.78, 5) is 20.8. The number of benzene rings is 1. The molecule has 5 nitrogen and oxygen atoms in total. The van der Waals surface area contributed by atoms with Gasteiger partial charge in [-0.25, -0.2) is 9.97 Å². The van der Waals surface area contributed by atoms with E-state index in [0.29, 0.717) is 17.5 Å². The molecule has 3 heterocycles. The third-order valence-electron chi connectivity index (χ3n) is 4.41. The molecule has 1 aromatic carbocycles. The lowest BCUT2D eigenvalue weighted by Gasteiger charge is -2.10. The lowest BCUT2D eigenvalue weighted by molar-refractivity contribution is -0.115. The first-order valence-electron chi connectivity index (χ1n) is 7.67. The Hall–Kier alpha value is -2.40. The molecule has 1 N–H and O–H groups in total. The van der Waals surface area contributed by atoms with Gasteiger partial charge in [0.15, 0.2) is 5.65 Å². The fourth-order valence-corrected chi connectivity index (χ4v) is 3.32. The van der Waals surface area contributed by atoms with Gasteiger partial charge in [-0.3, -0.25) is 9.36 Å². The monoisotopic (exact) mass is 324 g/mol. The maximum absolute atomic E-state index is 11.6. The summed E-state index contributed by atoms with van der Waals surface area (Å²) in [5, 5.41) is 3.32. The van der Waals surface area contributed by atoms with Crippen molar-refractivity contribution in [3.05, 3.63) is 46.9 Å². The predicted molar refractivity (Wildman–Crippen MR) is 88.2 cm³/mol. The van der Waals surface area contributed by atoms with Gasteiger partial charge in [-0.1, -0.05) is 11.6 Å². The van der Waals surface area contributed by atoms with Crippen LogP contribution in [0.5, 0.6) is 0 Å². The highest BCUT2D eigenvalue weighted by molar-refractivity contribution is 6.29. The highest BCUT2D eigenvalue weighted by Crippen LogP contribution is 2.42. The van der Waals surface area contributed by atoms with Crippen molar-refractivity contribution in [1.82, 2.24) is 14.5 Å². The van der Waals surface area contributed by atoms with Crippen LogP contribution in [0.3, 0.4) is 0 Å². The number of aromatic nitrogens is 3. The number of nitrogens with zero attached hydrogens (tertiary/aromatic N) is 3. The van der Waals surface area contributed by atoms with E-state index in [-0.39, 0.29) is 5.91 Å². The Morgan fingerprint density at radius 2 is 2.04 bits per heavy atom. The molecule has 23 heavy (non-hydrogen) atoms. The number of anilines is 1. The number of nitrogens with one attached hydrogen (secondary N) is 1. The predicted octanol–water partition coefficient (Wildman–Crippen LogP) is 3.45. The Balaban J connectivity index is 1.76. The second kappa shape index (κ2) is 4.55. The molecule has 1 saturated carbocycles. The maximum atomic E-state index is 11.6. The van der Waals surface area contributed by atoms with Crippen LogP contribution in [0.4, 0.5) is 5.69 Å². The van der Waals surface area contributed by atoms with Crippen LogP contribution < -0.4 is 5.32 Å². The van der Waals surface area contributed by atoms with E-state index in [1.54, 1.807) is 6.07 Å². The van der Waals surface area contributed by atoms with Crippen molar-refractivity contribution in [2.45, 2.75) is 25.2 Å². The molecule has 0 saturated heterocycles. The SMILES string of the molecule is O=C1Cc2cc(-n3c(C4CC4)nc4ccc(Cl)nc43)ccc2N1. The van der Waals surface area contributed by atoms with Gasteiger partial charge in [0, 0.05) is 17.3 Å². The first-order chi connectivity index (χ1) is 11.2. The molecule has 1 fully saturated rings. The number of carbonyl (C=O) groups excluding carboxylic acids is 1. The van der Waals surface area contributed by atoms with E-state index in [9.17, 15) is 4.79 Å². The van der Waals surface area contributed by atoms with Crippen LogP contribution in [0.15, 0.2) is 30.3 Å². The van der Waals surface area contributed by atoms with Gasteiger partial charge < -0.3 is 5.32 Å². The number of fused-ring (bicyclic) bond motifs is 2. The van der Waals surface area contributed by atoms with Crippen molar-refractivity contribution in [1.29, 1.82) is 0 Å². The van der Waals surface area contributed by atoms with Crippen LogP contribution in [-0.4, -0.2) is 20.4 Å². The minimum atomic E-state index is 0.0382. The Labute approximate surface area is 137 Å². The molecule has 2 aliphatic rings. The van der Waals surface area contributed by atoms with E-state index >= 15 is 0 Å². The molecule has 114 valence electrons. The van der Waals surface area contributed by atoms with Crippen LogP contribution in [0, 0.1) is 0 Å². The largest absolute Gasteiger partial charge is 0.326 e. The topological polar surface area (TPSA) is 59.8 Å². The summed E-state index contributed by atoms with van der Waals surface area (Å²) >= 11 is 6.09. The molecule has 5 rings (SSSR count). The highest BCUT2D eigenvalue weighted by Gasteiger charge is 2.31. The number of pyridine rings is 1. The second-order valence-corrected chi connectivity index (χ2v) is 6.51. The van der Waals surface area contributed by atoms with Gasteiger partial charge in [0.2, 0.25) is 5.91 Å². The molecular weight excluding hydrogens is 312 g/mol. The van der Waals surface area contributed by atoms with Crippen LogP contribution in [0.25, 0.3) is 16.9 Å². The zero-order valence-electron chi connectivity index (χ0n) is 12.2. The molecule has 0 unspecified atom stereocenters. The van der Waals surface area contributed by atoms with Crippen molar-refractivity contribution < 1.29 is 4.79 Å². The van der Waals surface area contributed by atoms with Gasteiger partial charge in [0.25, 0.3) is 0 Å². The van der Waals surface area contributed by atoms with E-state index in [1.165, 1.54) is 0 Å². The van der Waals surface area contributed by atoms with E-state index in [2.05, 4.69) is 14.9 Å². The Morgan fingerprint density at radius 3 is 2.87 bits per heavy atom. The Bertz CT molecular complexity index is 974. The molecule has 1 aliphatic heterocycles. The molecule has 6 heteroatoms. The summed E-state index contributed by atoms with van der Waals surface area (Å²) in [6.45, 7) is 0. The zero-order valence-corrected chi connectivity index (χ0v) is 13.0. The fourth-order valence-electron chi connectivity index (χ4n) is 3.18. The molecule has 0 spiro atoms. The standard InChI is InChI=1S/C17H13ClN4O/c18-14-6-5-13-17(21-14)22(16(20-13)9-1-2-9)11-3-4-12-10(7-11)8-15(23)19-12/h3-7,9H,1-2,8H2,(H,19,23). The number of hydrogen-bond donors (Lipinski definition) is 1. The lowest BCUT2D eigenvalue weighted by Crippen LogP contribution is -2.03. The van der Waals surface area contributed by atoms with Gasteiger partial charge in [-0.15, -0.1) is 0 Å². The first kappa shape index (κ1) is 13.1. The number of amides is 1. The third kappa shape index (κ3) is 2.04. The summed E-state index contributed by atoms with van der Waals surface area (Å²) in [6.07, 6.45) is 2.73. The Morgan fingerprint density at radius 1 is 1.17 bits per heavy atom. The third-order valence-corrected chi connectivity index (χ3v) is 4.62. The molecule has 0 bridgehead atoms. The van der Waals surface area contributed by atoms with Gasteiger partial charge in [-0.2, -0.15) is 0 Å². The number of carbonyl (C=O) groups is 1. The van der Waals surface area contributed by atoms with E-state index < -0.39 is 0 Å². The van der Waals surface area contributed by atoms with Crippen molar-refractivity contribution in [3.63, 3.8) is 0 Å². The van der Waals surface area contributed by atoms with Crippen molar-refractivity contribution in [3.8, 4) is 5.69 Å². The van der Waals surface area contributed by atoms with Crippen LogP contribution in [0.1, 0.15) is 30.1 Å². The summed E-state index contributed by atoms with van der Waals surface area (Å²) in [5.41, 5.74) is 4.52. The molecule has 2 aromatic heterocycles. The molecule has 0 atom stereocenters. The fraction of sp³-hybridized carbons (Fsp3) is 0.235. The average molecular weight is 325 g/mol. The lowest BCUT2D eigenvalue weighted by atomic mass is 10.1. The van der Waals surface area contributed by atoms with Gasteiger partial charge in [0.1, 0.15) is 16.5 Å². The molecule has 0 radical (unpaired) electrons. The van der Waals surface area contributed by atoms with Crippen LogP contribution in [-0.2, 0) is 11.2 Å².